The molecule has 3 heterocycles. The zero-order valence-electron chi connectivity index (χ0n) is 16.3. The lowest BCUT2D eigenvalue weighted by molar-refractivity contribution is -0.922. The molecule has 142 valence electrons. The lowest BCUT2D eigenvalue weighted by Crippen LogP contribution is -3.12. The van der Waals surface area contributed by atoms with E-state index in [1.807, 2.05) is 0 Å². The van der Waals surface area contributed by atoms with Gasteiger partial charge in [0.25, 0.3) is 0 Å². The summed E-state index contributed by atoms with van der Waals surface area (Å²) < 4.78 is 5.47. The molecule has 1 aromatic carbocycles. The van der Waals surface area contributed by atoms with Crippen LogP contribution in [0.15, 0.2) is 24.3 Å². The van der Waals surface area contributed by atoms with Crippen molar-refractivity contribution in [3.63, 3.8) is 0 Å². The molecule has 0 aliphatic carbocycles. The highest BCUT2D eigenvalue weighted by Gasteiger charge is 2.19. The third-order valence-corrected chi connectivity index (χ3v) is 6.36. The second-order valence-electron chi connectivity index (χ2n) is 7.33. The Bertz CT molecular complexity index is 929. The number of nitrogens with zero attached hydrogens (tertiary/aromatic N) is 2. The van der Waals surface area contributed by atoms with Crippen LogP contribution in [0.2, 0.25) is 0 Å². The number of fused-ring (bicyclic) bond motifs is 1. The number of morpholine rings is 1. The van der Waals surface area contributed by atoms with Gasteiger partial charge in [-0.1, -0.05) is 29.8 Å². The Hall–Kier alpha value is -2.02. The average Bonchev–Trinajstić information content (AvgIpc) is 2.96. The molecule has 0 spiro atoms. The van der Waals surface area contributed by atoms with E-state index >= 15 is 0 Å². The number of hydrogen-bond donors (Lipinski definition) is 2. The fourth-order valence-corrected chi connectivity index (χ4v) is 4.50. The van der Waals surface area contributed by atoms with Gasteiger partial charge in [-0.05, 0) is 31.9 Å². The topological polar surface area (TPSA) is 51.5 Å². The van der Waals surface area contributed by atoms with Gasteiger partial charge in [0.15, 0.2) is 5.82 Å². The molecule has 0 saturated carbocycles. The molecule has 27 heavy (non-hydrogen) atoms. The highest BCUT2D eigenvalue weighted by molar-refractivity contribution is 7.18. The van der Waals surface area contributed by atoms with E-state index in [0.717, 1.165) is 55.9 Å². The van der Waals surface area contributed by atoms with Gasteiger partial charge in [0, 0.05) is 11.4 Å². The molecular formula is C21H27N4OS+. The van der Waals surface area contributed by atoms with Crippen LogP contribution in [0, 0.1) is 20.8 Å². The molecule has 5 nitrogen and oxygen atoms in total. The predicted molar refractivity (Wildman–Crippen MR) is 111 cm³/mol. The number of rotatable bonds is 5. The van der Waals surface area contributed by atoms with Crippen molar-refractivity contribution in [3.05, 3.63) is 51.7 Å². The van der Waals surface area contributed by atoms with E-state index < -0.39 is 0 Å². The van der Waals surface area contributed by atoms with Gasteiger partial charge >= 0.3 is 0 Å². The highest BCUT2D eigenvalue weighted by atomic mass is 32.1. The molecule has 3 aromatic rings. The number of aromatic nitrogens is 2. The Morgan fingerprint density at radius 1 is 1.07 bits per heavy atom. The van der Waals surface area contributed by atoms with Gasteiger partial charge in [-0.2, -0.15) is 0 Å². The molecule has 6 heteroatoms. The molecule has 0 radical (unpaired) electrons. The van der Waals surface area contributed by atoms with Gasteiger partial charge < -0.3 is 15.0 Å². The molecule has 0 atom stereocenters. The molecule has 0 unspecified atom stereocenters. The largest absolute Gasteiger partial charge is 0.370 e. The molecule has 2 aromatic heterocycles. The highest BCUT2D eigenvalue weighted by Crippen LogP contribution is 2.33. The maximum atomic E-state index is 5.47. The first kappa shape index (κ1) is 18.3. The Morgan fingerprint density at radius 3 is 2.56 bits per heavy atom. The summed E-state index contributed by atoms with van der Waals surface area (Å²) in [5.74, 6) is 1.89. The Kier molecular flexibility index (Phi) is 5.38. The van der Waals surface area contributed by atoms with Crippen molar-refractivity contribution in [1.29, 1.82) is 0 Å². The van der Waals surface area contributed by atoms with Crippen LogP contribution >= 0.6 is 11.3 Å². The summed E-state index contributed by atoms with van der Waals surface area (Å²) in [7, 11) is 0. The van der Waals surface area contributed by atoms with Gasteiger partial charge in [0.05, 0.1) is 18.6 Å². The Morgan fingerprint density at radius 2 is 1.81 bits per heavy atom. The zero-order chi connectivity index (χ0) is 18.8. The van der Waals surface area contributed by atoms with Gasteiger partial charge in [-0.15, -0.1) is 11.3 Å². The van der Waals surface area contributed by atoms with E-state index in [0.29, 0.717) is 0 Å². The van der Waals surface area contributed by atoms with Crippen LogP contribution in [0.25, 0.3) is 10.2 Å². The number of thiophene rings is 1. The van der Waals surface area contributed by atoms with Gasteiger partial charge in [0.1, 0.15) is 30.3 Å². The van der Waals surface area contributed by atoms with E-state index in [1.165, 1.54) is 31.9 Å². The standard InChI is InChI=1S/C21H26N4OS/c1-14-4-6-17(7-5-14)12-22-20-19-15(2)16(3)27-21(19)24-18(23-20)13-25-8-10-26-11-9-25/h4-7H,8-13H2,1-3H3,(H,22,23,24)/p+1. The van der Waals surface area contributed by atoms with Gasteiger partial charge in [-0.25, -0.2) is 9.97 Å². The van der Waals surface area contributed by atoms with Crippen LogP contribution in [-0.4, -0.2) is 36.3 Å². The second kappa shape index (κ2) is 7.92. The SMILES string of the molecule is Cc1ccc(CNc2nc(C[NH+]3CCOCC3)nc3sc(C)c(C)c23)cc1. The van der Waals surface area contributed by atoms with Gasteiger partial charge in [0.2, 0.25) is 0 Å². The van der Waals surface area contributed by atoms with Crippen LogP contribution in [0.3, 0.4) is 0 Å². The van der Waals surface area contributed by atoms with Crippen molar-refractivity contribution >= 4 is 27.4 Å². The number of nitrogens with one attached hydrogen (secondary N) is 2. The molecule has 0 bridgehead atoms. The van der Waals surface area contributed by atoms with Crippen LogP contribution in [0.4, 0.5) is 5.82 Å². The first-order chi connectivity index (χ1) is 13.1. The molecule has 1 saturated heterocycles. The Labute approximate surface area is 164 Å². The summed E-state index contributed by atoms with van der Waals surface area (Å²) in [4.78, 5) is 13.7. The summed E-state index contributed by atoms with van der Waals surface area (Å²) in [5.41, 5.74) is 3.83. The number of quaternary nitrogens is 1. The van der Waals surface area contributed by atoms with Crippen molar-refractivity contribution in [2.24, 2.45) is 0 Å². The molecule has 4 rings (SSSR count). The maximum Gasteiger partial charge on any atom is 0.187 e. The third kappa shape index (κ3) is 4.13. The number of ether oxygens (including phenoxy) is 1. The van der Waals surface area contributed by atoms with Crippen molar-refractivity contribution < 1.29 is 9.64 Å². The Balaban J connectivity index is 1.62. The van der Waals surface area contributed by atoms with Crippen molar-refractivity contribution in [2.45, 2.75) is 33.9 Å². The smallest absolute Gasteiger partial charge is 0.187 e. The summed E-state index contributed by atoms with van der Waals surface area (Å²) in [6.45, 7) is 11.8. The van der Waals surface area contributed by atoms with E-state index in [4.69, 9.17) is 14.7 Å². The van der Waals surface area contributed by atoms with E-state index in [-0.39, 0.29) is 0 Å². The van der Waals surface area contributed by atoms with E-state index in [9.17, 15) is 0 Å². The zero-order valence-corrected chi connectivity index (χ0v) is 17.1. The van der Waals surface area contributed by atoms with Crippen molar-refractivity contribution in [3.8, 4) is 0 Å². The summed E-state index contributed by atoms with van der Waals surface area (Å²) in [6, 6.07) is 8.65. The monoisotopic (exact) mass is 383 g/mol. The van der Waals surface area contributed by atoms with Crippen LogP contribution in [-0.2, 0) is 17.8 Å². The maximum absolute atomic E-state index is 5.47. The minimum Gasteiger partial charge on any atom is -0.370 e. The lowest BCUT2D eigenvalue weighted by atomic mass is 10.1. The van der Waals surface area contributed by atoms with Crippen molar-refractivity contribution in [2.75, 3.05) is 31.6 Å². The first-order valence-corrected chi connectivity index (χ1v) is 10.4. The quantitative estimate of drug-likeness (QED) is 0.711. The van der Waals surface area contributed by atoms with Crippen molar-refractivity contribution in [1.82, 2.24) is 9.97 Å². The summed E-state index contributed by atoms with van der Waals surface area (Å²) in [5, 5.41) is 4.75. The molecule has 1 aliphatic heterocycles. The van der Waals surface area contributed by atoms with Crippen LogP contribution in [0.1, 0.15) is 27.4 Å². The van der Waals surface area contributed by atoms with E-state index in [1.54, 1.807) is 11.3 Å². The van der Waals surface area contributed by atoms with E-state index in [2.05, 4.69) is 50.4 Å². The van der Waals surface area contributed by atoms with Crippen LogP contribution in [0.5, 0.6) is 0 Å². The number of benzene rings is 1. The first-order valence-electron chi connectivity index (χ1n) is 9.57. The fraction of sp³-hybridized carbons (Fsp3) is 0.429. The molecule has 1 fully saturated rings. The lowest BCUT2D eigenvalue weighted by Gasteiger charge is -2.23. The molecule has 2 N–H and O–H groups in total. The summed E-state index contributed by atoms with van der Waals surface area (Å²) >= 11 is 1.77. The average molecular weight is 384 g/mol. The normalized spacial score (nSPS) is 15.4. The number of hydrogen-bond acceptors (Lipinski definition) is 5. The van der Waals surface area contributed by atoms with Gasteiger partial charge in [-0.3, -0.25) is 0 Å². The third-order valence-electron chi connectivity index (χ3n) is 5.26. The fourth-order valence-electron chi connectivity index (χ4n) is 3.45. The second-order valence-corrected chi connectivity index (χ2v) is 8.53. The molecular weight excluding hydrogens is 356 g/mol. The minimum atomic E-state index is 0.768. The number of anilines is 1. The number of aryl methyl sites for hydroxylation is 3. The predicted octanol–water partition coefficient (Wildman–Crippen LogP) is 2.64. The summed E-state index contributed by atoms with van der Waals surface area (Å²) in [6.07, 6.45) is 0. The molecule has 0 amide bonds. The minimum absolute atomic E-state index is 0.768. The molecule has 1 aliphatic rings. The van der Waals surface area contributed by atoms with Crippen LogP contribution < -0.4 is 10.2 Å².